The number of halogens is 1. The Balaban J connectivity index is 1.34. The van der Waals surface area contributed by atoms with Crippen molar-refractivity contribution in [3.8, 4) is 11.5 Å². The maximum absolute atomic E-state index is 13.4. The van der Waals surface area contributed by atoms with E-state index in [1.165, 1.54) is 19.1 Å². The first-order valence-electron chi connectivity index (χ1n) is 10.6. The largest absolute Gasteiger partial charge is 0.493 e. The highest BCUT2D eigenvalue weighted by Gasteiger charge is 2.26. The van der Waals surface area contributed by atoms with Gasteiger partial charge in [-0.15, -0.1) is 0 Å². The Morgan fingerprint density at radius 3 is 2.71 bits per heavy atom. The maximum Gasteiger partial charge on any atom is 0.170 e. The van der Waals surface area contributed by atoms with Crippen LogP contribution in [0.3, 0.4) is 0 Å². The molecule has 2 aromatic carbocycles. The molecule has 1 aliphatic heterocycles. The Kier molecular flexibility index (Phi) is 6.23. The number of aromatic nitrogens is 1. The lowest BCUT2D eigenvalue weighted by Crippen LogP contribution is -2.39. The van der Waals surface area contributed by atoms with Crippen LogP contribution in [0.4, 0.5) is 4.39 Å². The average molecular weight is 426 g/mol. The van der Waals surface area contributed by atoms with Crippen molar-refractivity contribution in [2.45, 2.75) is 38.7 Å². The Bertz CT molecular complexity index is 1070. The Morgan fingerprint density at radius 2 is 2.00 bits per heavy atom. The van der Waals surface area contributed by atoms with E-state index >= 15 is 0 Å². The zero-order valence-electron chi connectivity index (χ0n) is 18.1. The zero-order chi connectivity index (χ0) is 22.0. The second-order valence-corrected chi connectivity index (χ2v) is 8.13. The van der Waals surface area contributed by atoms with Crippen molar-refractivity contribution in [2.24, 2.45) is 0 Å². The molecule has 7 heteroatoms. The van der Waals surface area contributed by atoms with Crippen LogP contribution in [0.1, 0.15) is 48.7 Å². The third-order valence-electron chi connectivity index (χ3n) is 5.85. The average Bonchev–Trinajstić information content (AvgIpc) is 3.17. The van der Waals surface area contributed by atoms with Crippen LogP contribution in [0.15, 0.2) is 40.9 Å². The van der Waals surface area contributed by atoms with Crippen molar-refractivity contribution in [2.75, 3.05) is 26.7 Å². The third-order valence-corrected chi connectivity index (χ3v) is 5.85. The number of benzene rings is 2. The number of ether oxygens (including phenoxy) is 2. The van der Waals surface area contributed by atoms with Crippen molar-refractivity contribution in [3.63, 3.8) is 0 Å². The number of fused-ring (bicyclic) bond motifs is 1. The summed E-state index contributed by atoms with van der Waals surface area (Å²) in [6.45, 7) is 6.20. The molecule has 1 fully saturated rings. The smallest absolute Gasteiger partial charge is 0.170 e. The molecule has 0 bridgehead atoms. The maximum atomic E-state index is 13.4. The van der Waals surface area contributed by atoms with Gasteiger partial charge in [-0.3, -0.25) is 9.69 Å². The monoisotopic (exact) mass is 426 g/mol. The third kappa shape index (κ3) is 4.71. The second-order valence-electron chi connectivity index (χ2n) is 8.13. The highest BCUT2D eigenvalue weighted by atomic mass is 19.1. The number of methoxy groups -OCH3 is 1. The lowest BCUT2D eigenvalue weighted by atomic mass is 9.91. The van der Waals surface area contributed by atoms with E-state index in [1.807, 2.05) is 6.92 Å². The Hall–Kier alpha value is -2.93. The van der Waals surface area contributed by atoms with E-state index in [-0.39, 0.29) is 17.7 Å². The summed E-state index contributed by atoms with van der Waals surface area (Å²) in [5.74, 6) is 1.18. The first-order valence-corrected chi connectivity index (χ1v) is 10.6. The minimum Gasteiger partial charge on any atom is -0.493 e. The van der Waals surface area contributed by atoms with Gasteiger partial charge in [0.05, 0.1) is 12.8 Å². The number of Topliss-reactive ketones (excluding diaryl/α,β-unsaturated/α-hetero) is 1. The van der Waals surface area contributed by atoms with Gasteiger partial charge in [-0.2, -0.15) is 0 Å². The van der Waals surface area contributed by atoms with Crippen LogP contribution in [-0.4, -0.2) is 48.7 Å². The molecular weight excluding hydrogens is 399 g/mol. The molecule has 4 rings (SSSR count). The molecule has 0 aliphatic carbocycles. The molecule has 0 saturated carbocycles. The molecule has 1 unspecified atom stereocenters. The van der Waals surface area contributed by atoms with Crippen LogP contribution >= 0.6 is 0 Å². The summed E-state index contributed by atoms with van der Waals surface area (Å²) in [5, 5.41) is 5.12. The second kappa shape index (κ2) is 9.06. The van der Waals surface area contributed by atoms with Crippen molar-refractivity contribution >= 4 is 16.8 Å². The number of carbonyl (C=O) groups excluding carboxylic acids is 1. The van der Waals surface area contributed by atoms with Crippen molar-refractivity contribution in [1.29, 1.82) is 0 Å². The molecule has 2 heterocycles. The fourth-order valence-corrected chi connectivity index (χ4v) is 4.22. The van der Waals surface area contributed by atoms with E-state index in [4.69, 9.17) is 14.0 Å². The van der Waals surface area contributed by atoms with Crippen LogP contribution < -0.4 is 9.47 Å². The zero-order valence-corrected chi connectivity index (χ0v) is 18.1. The van der Waals surface area contributed by atoms with Gasteiger partial charge in [0, 0.05) is 29.5 Å². The molecule has 0 radical (unpaired) electrons. The predicted octanol–water partition coefficient (Wildman–Crippen LogP) is 4.83. The van der Waals surface area contributed by atoms with Crippen LogP contribution in [0.2, 0.25) is 0 Å². The molecule has 164 valence electrons. The molecule has 0 spiro atoms. The highest BCUT2D eigenvalue weighted by molar-refractivity contribution is 5.94. The van der Waals surface area contributed by atoms with Gasteiger partial charge >= 0.3 is 0 Å². The number of nitrogens with zero attached hydrogens (tertiary/aromatic N) is 2. The predicted molar refractivity (Wildman–Crippen MR) is 115 cm³/mol. The van der Waals surface area contributed by atoms with Crippen molar-refractivity contribution in [3.05, 3.63) is 53.5 Å². The lowest BCUT2D eigenvalue weighted by Gasteiger charge is -2.33. The summed E-state index contributed by atoms with van der Waals surface area (Å²) in [6, 6.07) is 9.85. The minimum absolute atomic E-state index is 0.00852. The SMILES string of the molecule is COc1cc(C(C)=O)ccc1OC(C)CN1CCC(c2noc3cc(F)ccc23)CC1. The fourth-order valence-electron chi connectivity index (χ4n) is 4.22. The standard InChI is InChI=1S/C24H27FN2O4/c1-15(30-21-7-4-18(16(2)28)12-23(21)29-3)14-27-10-8-17(9-11-27)24-20-6-5-19(25)13-22(20)31-26-24/h4-7,12-13,15,17H,8-11,14H2,1-3H3. The van der Waals surface area contributed by atoms with Crippen molar-refractivity contribution in [1.82, 2.24) is 10.1 Å². The molecular formula is C24H27FN2O4. The van der Waals surface area contributed by atoms with Gasteiger partial charge in [-0.25, -0.2) is 4.39 Å². The minimum atomic E-state index is -0.313. The first kappa shape index (κ1) is 21.3. The summed E-state index contributed by atoms with van der Waals surface area (Å²) in [5.41, 5.74) is 2.03. The van der Waals surface area contributed by atoms with E-state index in [0.717, 1.165) is 43.6 Å². The Morgan fingerprint density at radius 1 is 1.23 bits per heavy atom. The molecule has 0 N–H and O–H groups in total. The topological polar surface area (TPSA) is 64.8 Å². The summed E-state index contributed by atoms with van der Waals surface area (Å²) >= 11 is 0. The highest BCUT2D eigenvalue weighted by Crippen LogP contribution is 2.33. The van der Waals surface area contributed by atoms with Gasteiger partial charge in [-0.05, 0) is 70.1 Å². The number of piperidine rings is 1. The van der Waals surface area contributed by atoms with Crippen LogP contribution in [0.5, 0.6) is 11.5 Å². The van der Waals surface area contributed by atoms with E-state index < -0.39 is 0 Å². The van der Waals surface area contributed by atoms with Gasteiger partial charge in [0.25, 0.3) is 0 Å². The van der Waals surface area contributed by atoms with Gasteiger partial charge < -0.3 is 14.0 Å². The Labute approximate surface area is 180 Å². The van der Waals surface area contributed by atoms with E-state index in [0.29, 0.717) is 28.6 Å². The fraction of sp³-hybridized carbons (Fsp3) is 0.417. The summed E-state index contributed by atoms with van der Waals surface area (Å²) in [6.07, 6.45) is 1.88. The summed E-state index contributed by atoms with van der Waals surface area (Å²) in [7, 11) is 1.57. The normalized spacial score (nSPS) is 16.4. The number of likely N-dealkylation sites (tertiary alicyclic amines) is 1. The molecule has 31 heavy (non-hydrogen) atoms. The van der Waals surface area contributed by atoms with E-state index in [9.17, 15) is 9.18 Å². The van der Waals surface area contributed by atoms with E-state index in [1.54, 1.807) is 31.4 Å². The first-order chi connectivity index (χ1) is 14.9. The number of rotatable bonds is 7. The molecule has 6 nitrogen and oxygen atoms in total. The molecule has 1 saturated heterocycles. The summed E-state index contributed by atoms with van der Waals surface area (Å²) in [4.78, 5) is 14.0. The van der Waals surface area contributed by atoms with Crippen LogP contribution in [0, 0.1) is 5.82 Å². The van der Waals surface area contributed by atoms with Crippen molar-refractivity contribution < 1.29 is 23.2 Å². The molecule has 3 aromatic rings. The van der Waals surface area contributed by atoms with Crippen LogP contribution in [-0.2, 0) is 0 Å². The molecule has 0 amide bonds. The van der Waals surface area contributed by atoms with Gasteiger partial charge in [0.1, 0.15) is 11.9 Å². The van der Waals surface area contributed by atoms with Gasteiger partial charge in [0.15, 0.2) is 22.9 Å². The number of carbonyl (C=O) groups is 1. The number of hydrogen-bond acceptors (Lipinski definition) is 6. The van der Waals surface area contributed by atoms with Crippen LogP contribution in [0.25, 0.3) is 11.0 Å². The van der Waals surface area contributed by atoms with Gasteiger partial charge in [-0.1, -0.05) is 5.16 Å². The van der Waals surface area contributed by atoms with E-state index in [2.05, 4.69) is 10.1 Å². The number of ketones is 1. The molecule has 1 aromatic heterocycles. The summed E-state index contributed by atoms with van der Waals surface area (Å²) < 4.78 is 30.2. The lowest BCUT2D eigenvalue weighted by molar-refractivity contribution is 0.101. The number of hydrogen-bond donors (Lipinski definition) is 0. The molecule has 1 aliphatic rings. The molecule has 1 atom stereocenters. The van der Waals surface area contributed by atoms with Gasteiger partial charge in [0.2, 0.25) is 0 Å². The quantitative estimate of drug-likeness (QED) is 0.505.